The molecule has 0 aliphatic heterocycles. The quantitative estimate of drug-likeness (QED) is 0.529. The molecule has 0 spiro atoms. The highest BCUT2D eigenvalue weighted by molar-refractivity contribution is 5.10. The molecule has 0 amide bonds. The van der Waals surface area contributed by atoms with Crippen molar-refractivity contribution in [2.24, 2.45) is 0 Å². The van der Waals surface area contributed by atoms with Crippen molar-refractivity contribution in [1.29, 1.82) is 0 Å². The van der Waals surface area contributed by atoms with Crippen molar-refractivity contribution < 1.29 is 4.42 Å². The monoisotopic (exact) mass is 221 g/mol. The maximum Gasteiger partial charge on any atom is 0.0950 e. The lowest BCUT2D eigenvalue weighted by molar-refractivity contribution is 0.438. The van der Waals surface area contributed by atoms with Crippen LogP contribution in [0.1, 0.15) is 51.1 Å². The van der Waals surface area contributed by atoms with Gasteiger partial charge in [-0.3, -0.25) is 0 Å². The summed E-state index contributed by atoms with van der Waals surface area (Å²) in [4.78, 5) is 0. The molecule has 0 aliphatic rings. The highest BCUT2D eigenvalue weighted by atomic mass is 16.3. The molecule has 1 aromatic heterocycles. The highest BCUT2D eigenvalue weighted by Crippen LogP contribution is 2.14. The van der Waals surface area contributed by atoms with E-state index in [-0.39, 0.29) is 0 Å². The molecule has 0 aromatic carbocycles. The van der Waals surface area contributed by atoms with Gasteiger partial charge in [-0.15, -0.1) is 6.58 Å². The maximum absolute atomic E-state index is 5.08. The number of nitrogens with one attached hydrogen (secondary N) is 1. The topological polar surface area (TPSA) is 25.2 Å². The van der Waals surface area contributed by atoms with Crippen LogP contribution in [-0.2, 0) is 0 Å². The number of furan rings is 1. The second kappa shape index (κ2) is 7.29. The van der Waals surface area contributed by atoms with Crippen LogP contribution in [0.4, 0.5) is 0 Å². The van der Waals surface area contributed by atoms with Gasteiger partial charge in [0.25, 0.3) is 0 Å². The van der Waals surface area contributed by atoms with Gasteiger partial charge in [0.1, 0.15) is 0 Å². The Kier molecular flexibility index (Phi) is 5.94. The molecule has 1 aromatic rings. The number of unbranched alkanes of at least 4 members (excludes halogenated alkanes) is 2. The Bertz CT molecular complexity index is 279. The first-order chi connectivity index (χ1) is 7.74. The number of hydrogen-bond acceptors (Lipinski definition) is 2. The van der Waals surface area contributed by atoms with Gasteiger partial charge in [0.2, 0.25) is 0 Å². The van der Waals surface area contributed by atoms with Crippen molar-refractivity contribution in [2.45, 2.75) is 51.6 Å². The van der Waals surface area contributed by atoms with Gasteiger partial charge in [-0.25, -0.2) is 0 Å². The van der Waals surface area contributed by atoms with E-state index in [9.17, 15) is 0 Å². The van der Waals surface area contributed by atoms with E-state index >= 15 is 0 Å². The predicted molar refractivity (Wildman–Crippen MR) is 68.4 cm³/mol. The maximum atomic E-state index is 5.08. The molecular weight excluding hydrogens is 198 g/mol. The van der Waals surface area contributed by atoms with E-state index in [0.29, 0.717) is 12.1 Å². The summed E-state index contributed by atoms with van der Waals surface area (Å²) < 4.78 is 5.08. The molecule has 16 heavy (non-hydrogen) atoms. The molecule has 0 radical (unpaired) electrons. The van der Waals surface area contributed by atoms with E-state index in [1.807, 2.05) is 18.4 Å². The second-order valence-corrected chi connectivity index (χ2v) is 4.42. The van der Waals surface area contributed by atoms with Crippen LogP contribution in [0.2, 0.25) is 0 Å². The first kappa shape index (κ1) is 13.0. The van der Waals surface area contributed by atoms with Gasteiger partial charge in [0.05, 0.1) is 12.5 Å². The van der Waals surface area contributed by atoms with E-state index in [4.69, 9.17) is 4.42 Å². The number of hydrogen-bond donors (Lipinski definition) is 1. The Balaban J connectivity index is 2.18. The first-order valence-corrected chi connectivity index (χ1v) is 6.13. The minimum Gasteiger partial charge on any atom is -0.472 e. The lowest BCUT2D eigenvalue weighted by atomic mass is 10.1. The second-order valence-electron chi connectivity index (χ2n) is 4.42. The van der Waals surface area contributed by atoms with Crippen molar-refractivity contribution >= 4 is 0 Å². The largest absolute Gasteiger partial charge is 0.472 e. The van der Waals surface area contributed by atoms with Gasteiger partial charge in [-0.2, -0.15) is 0 Å². The Labute approximate surface area is 98.7 Å². The molecule has 0 saturated heterocycles. The van der Waals surface area contributed by atoms with Crippen molar-refractivity contribution in [3.05, 3.63) is 36.8 Å². The molecule has 1 N–H and O–H groups in total. The van der Waals surface area contributed by atoms with E-state index in [1.165, 1.54) is 24.8 Å². The summed E-state index contributed by atoms with van der Waals surface area (Å²) in [6.45, 7) is 8.15. The summed E-state index contributed by atoms with van der Waals surface area (Å²) in [5.74, 6) is 0. The molecule has 90 valence electrons. The average Bonchev–Trinajstić information content (AvgIpc) is 2.77. The van der Waals surface area contributed by atoms with Crippen LogP contribution in [0.25, 0.3) is 0 Å². The third kappa shape index (κ3) is 4.67. The Morgan fingerprint density at radius 3 is 2.88 bits per heavy atom. The van der Waals surface area contributed by atoms with E-state index in [2.05, 4.69) is 25.7 Å². The van der Waals surface area contributed by atoms with Gasteiger partial charge in [0, 0.05) is 17.6 Å². The zero-order valence-electron chi connectivity index (χ0n) is 10.4. The predicted octanol–water partition coefficient (Wildman–Crippen LogP) is 4.07. The Hall–Kier alpha value is -1.02. The molecule has 0 aliphatic carbocycles. The molecule has 2 heteroatoms. The Morgan fingerprint density at radius 1 is 1.44 bits per heavy atom. The smallest absolute Gasteiger partial charge is 0.0950 e. The van der Waals surface area contributed by atoms with Crippen molar-refractivity contribution in [1.82, 2.24) is 5.32 Å². The normalized spacial score (nSPS) is 14.6. The van der Waals surface area contributed by atoms with Gasteiger partial charge in [0.15, 0.2) is 0 Å². The number of allylic oxidation sites excluding steroid dienone is 1. The summed E-state index contributed by atoms with van der Waals surface area (Å²) in [5, 5.41) is 3.57. The van der Waals surface area contributed by atoms with E-state index in [0.717, 1.165) is 6.42 Å². The van der Waals surface area contributed by atoms with Crippen LogP contribution in [-0.4, -0.2) is 6.04 Å². The fourth-order valence-electron chi connectivity index (χ4n) is 1.87. The van der Waals surface area contributed by atoms with Crippen LogP contribution in [0.3, 0.4) is 0 Å². The van der Waals surface area contributed by atoms with Crippen molar-refractivity contribution in [3.63, 3.8) is 0 Å². The van der Waals surface area contributed by atoms with Crippen LogP contribution in [0, 0.1) is 0 Å². The minimum absolute atomic E-state index is 0.369. The van der Waals surface area contributed by atoms with Crippen LogP contribution >= 0.6 is 0 Å². The van der Waals surface area contributed by atoms with Crippen LogP contribution in [0.5, 0.6) is 0 Å². The van der Waals surface area contributed by atoms with Crippen molar-refractivity contribution in [2.75, 3.05) is 0 Å². The van der Waals surface area contributed by atoms with Gasteiger partial charge >= 0.3 is 0 Å². The first-order valence-electron chi connectivity index (χ1n) is 6.13. The molecular formula is C14H23NO. The van der Waals surface area contributed by atoms with Crippen LogP contribution < -0.4 is 5.32 Å². The molecule has 1 rings (SSSR count). The third-order valence-corrected chi connectivity index (χ3v) is 2.87. The zero-order chi connectivity index (χ0) is 11.8. The molecule has 0 saturated carbocycles. The lowest BCUT2D eigenvalue weighted by Gasteiger charge is -2.18. The molecule has 0 bridgehead atoms. The molecule has 2 atom stereocenters. The lowest BCUT2D eigenvalue weighted by Crippen LogP contribution is -2.28. The SMILES string of the molecule is C=CCCCCC(C)NC(C)c1ccoc1. The van der Waals surface area contributed by atoms with Gasteiger partial charge in [-0.05, 0) is 39.2 Å². The Morgan fingerprint density at radius 2 is 2.25 bits per heavy atom. The highest BCUT2D eigenvalue weighted by Gasteiger charge is 2.09. The van der Waals surface area contributed by atoms with Crippen LogP contribution in [0.15, 0.2) is 35.7 Å². The zero-order valence-corrected chi connectivity index (χ0v) is 10.4. The minimum atomic E-state index is 0.369. The summed E-state index contributed by atoms with van der Waals surface area (Å²) >= 11 is 0. The molecule has 2 unspecified atom stereocenters. The molecule has 0 fully saturated rings. The summed E-state index contributed by atoms with van der Waals surface area (Å²) in [7, 11) is 0. The fraction of sp³-hybridized carbons (Fsp3) is 0.571. The van der Waals surface area contributed by atoms with Gasteiger partial charge < -0.3 is 9.73 Å². The summed E-state index contributed by atoms with van der Waals surface area (Å²) in [5.41, 5.74) is 1.22. The molecule has 1 heterocycles. The summed E-state index contributed by atoms with van der Waals surface area (Å²) in [6, 6.07) is 2.94. The fourth-order valence-corrected chi connectivity index (χ4v) is 1.87. The standard InChI is InChI=1S/C14H23NO/c1-4-5-6-7-8-12(2)15-13(3)14-9-10-16-11-14/h4,9-13,15H,1,5-8H2,2-3H3. The van der Waals surface area contributed by atoms with Gasteiger partial charge in [-0.1, -0.05) is 12.5 Å². The average molecular weight is 221 g/mol. The van der Waals surface area contributed by atoms with E-state index in [1.54, 1.807) is 6.26 Å². The van der Waals surface area contributed by atoms with Crippen molar-refractivity contribution in [3.8, 4) is 0 Å². The third-order valence-electron chi connectivity index (χ3n) is 2.87. The van der Waals surface area contributed by atoms with E-state index < -0.39 is 0 Å². The summed E-state index contributed by atoms with van der Waals surface area (Å²) in [6.07, 6.45) is 10.4. The molecule has 2 nitrogen and oxygen atoms in total. The number of rotatable bonds is 8.